The molecule has 3 aliphatic rings. The van der Waals surface area contributed by atoms with Crippen LogP contribution in [-0.2, 0) is 21.3 Å². The molecule has 1 aromatic heterocycles. The molecular formula is C20H29F3N4O5. The van der Waals surface area contributed by atoms with Crippen LogP contribution in [0.4, 0.5) is 13.2 Å². The van der Waals surface area contributed by atoms with Crippen LogP contribution in [0.15, 0.2) is 12.4 Å². The van der Waals surface area contributed by atoms with Crippen LogP contribution in [0.2, 0.25) is 0 Å². The first-order valence-electron chi connectivity index (χ1n) is 10.6. The number of aliphatic carboxylic acids is 1. The van der Waals surface area contributed by atoms with Crippen LogP contribution >= 0.6 is 0 Å². The molecule has 1 spiro atoms. The average Bonchev–Trinajstić information content (AvgIpc) is 3.35. The summed E-state index contributed by atoms with van der Waals surface area (Å²) in [5.41, 5.74) is 0.530. The van der Waals surface area contributed by atoms with Gasteiger partial charge in [-0.2, -0.15) is 18.3 Å². The van der Waals surface area contributed by atoms with Crippen molar-refractivity contribution in [3.8, 4) is 0 Å². The first kappa shape index (κ1) is 24.5. The van der Waals surface area contributed by atoms with Crippen molar-refractivity contribution in [3.05, 3.63) is 18.0 Å². The lowest BCUT2D eigenvalue weighted by molar-refractivity contribution is -0.192. The Balaban J connectivity index is 0.000000360. The van der Waals surface area contributed by atoms with Gasteiger partial charge >= 0.3 is 12.1 Å². The second-order valence-corrected chi connectivity index (χ2v) is 8.46. The Hall–Kier alpha value is -2.18. The number of alkyl halides is 3. The van der Waals surface area contributed by atoms with Crippen LogP contribution in [0.25, 0.3) is 0 Å². The van der Waals surface area contributed by atoms with Crippen molar-refractivity contribution in [1.82, 2.24) is 20.0 Å². The molecule has 0 unspecified atom stereocenters. The third-order valence-corrected chi connectivity index (χ3v) is 6.09. The van der Waals surface area contributed by atoms with E-state index in [1.54, 1.807) is 17.1 Å². The molecule has 0 radical (unpaired) electrons. The van der Waals surface area contributed by atoms with Crippen LogP contribution in [-0.4, -0.2) is 88.4 Å². The number of hydrogen-bond acceptors (Lipinski definition) is 6. The SMILES string of the molecule is Cn1cc(C(=O)N[C@@H]2CCO[C@]3(CCN(C4CCOCC4)C3)C2)cn1.O=C(O)C(F)(F)F. The molecule has 1 amide bonds. The fourth-order valence-electron chi connectivity index (χ4n) is 4.48. The van der Waals surface area contributed by atoms with E-state index in [-0.39, 0.29) is 17.6 Å². The number of carboxylic acid groups (broad SMARTS) is 1. The lowest BCUT2D eigenvalue weighted by Gasteiger charge is -2.39. The zero-order chi connectivity index (χ0) is 23.4. The maximum Gasteiger partial charge on any atom is 0.490 e. The van der Waals surface area contributed by atoms with E-state index in [0.29, 0.717) is 11.6 Å². The smallest absolute Gasteiger partial charge is 0.475 e. The molecule has 4 heterocycles. The maximum absolute atomic E-state index is 12.4. The molecule has 0 aromatic carbocycles. The molecule has 9 nitrogen and oxygen atoms in total. The molecule has 3 saturated heterocycles. The second-order valence-electron chi connectivity index (χ2n) is 8.46. The van der Waals surface area contributed by atoms with Crippen molar-refractivity contribution < 1.29 is 37.3 Å². The molecular weight excluding hydrogens is 433 g/mol. The summed E-state index contributed by atoms with van der Waals surface area (Å²) in [6, 6.07) is 0.804. The second kappa shape index (κ2) is 10.2. The standard InChI is InChI=1S/C18H28N4O3.C2HF3O2/c1-21-12-14(11-19-21)17(23)20-15-2-9-25-18(10-15)5-6-22(13-18)16-3-7-24-8-4-16;3-2(4,5)1(6)7/h11-12,15-16H,2-10,13H2,1H3,(H,20,23);(H,6,7)/t15-,18-;/m1./s1. The normalized spacial score (nSPS) is 27.1. The number of amides is 1. The molecule has 32 heavy (non-hydrogen) atoms. The number of ether oxygens (including phenoxy) is 2. The number of likely N-dealkylation sites (tertiary alicyclic amines) is 1. The van der Waals surface area contributed by atoms with Gasteiger partial charge in [0.25, 0.3) is 5.91 Å². The van der Waals surface area contributed by atoms with Crippen molar-refractivity contribution in [2.45, 2.75) is 56.0 Å². The number of carbonyl (C=O) groups is 2. The molecule has 0 aliphatic carbocycles. The summed E-state index contributed by atoms with van der Waals surface area (Å²) in [7, 11) is 1.82. The van der Waals surface area contributed by atoms with Crippen molar-refractivity contribution in [2.24, 2.45) is 7.05 Å². The molecule has 3 aliphatic heterocycles. The van der Waals surface area contributed by atoms with Gasteiger partial charge in [-0.1, -0.05) is 0 Å². The van der Waals surface area contributed by atoms with Gasteiger partial charge in [0.15, 0.2) is 0 Å². The van der Waals surface area contributed by atoms with Crippen molar-refractivity contribution in [3.63, 3.8) is 0 Å². The number of carboxylic acids is 1. The van der Waals surface area contributed by atoms with E-state index in [1.807, 2.05) is 7.05 Å². The number of aryl methyl sites for hydroxylation is 1. The van der Waals surface area contributed by atoms with Gasteiger partial charge in [0.1, 0.15) is 0 Å². The Morgan fingerprint density at radius 1 is 1.25 bits per heavy atom. The van der Waals surface area contributed by atoms with Crippen LogP contribution in [0, 0.1) is 0 Å². The largest absolute Gasteiger partial charge is 0.490 e. The first-order chi connectivity index (χ1) is 15.1. The Labute approximate surface area is 183 Å². The van der Waals surface area contributed by atoms with Crippen LogP contribution in [0.5, 0.6) is 0 Å². The van der Waals surface area contributed by atoms with E-state index in [1.165, 1.54) is 0 Å². The fraction of sp³-hybridized carbons (Fsp3) is 0.750. The molecule has 4 rings (SSSR count). The molecule has 180 valence electrons. The number of rotatable bonds is 3. The molecule has 1 aromatic rings. The third-order valence-electron chi connectivity index (χ3n) is 6.09. The van der Waals surface area contributed by atoms with E-state index < -0.39 is 12.1 Å². The van der Waals surface area contributed by atoms with Crippen LogP contribution < -0.4 is 5.32 Å². The highest BCUT2D eigenvalue weighted by Crippen LogP contribution is 2.36. The highest BCUT2D eigenvalue weighted by atomic mass is 19.4. The van der Waals surface area contributed by atoms with E-state index in [9.17, 15) is 18.0 Å². The van der Waals surface area contributed by atoms with Gasteiger partial charge in [0.05, 0.1) is 17.4 Å². The van der Waals surface area contributed by atoms with Crippen molar-refractivity contribution >= 4 is 11.9 Å². The first-order valence-corrected chi connectivity index (χ1v) is 10.6. The zero-order valence-electron chi connectivity index (χ0n) is 17.9. The molecule has 12 heteroatoms. The highest BCUT2D eigenvalue weighted by molar-refractivity contribution is 5.93. The van der Waals surface area contributed by atoms with Gasteiger partial charge in [-0.15, -0.1) is 0 Å². The van der Waals surface area contributed by atoms with E-state index in [0.717, 1.165) is 65.0 Å². The quantitative estimate of drug-likeness (QED) is 0.703. The lowest BCUT2D eigenvalue weighted by Crippen LogP contribution is -2.50. The monoisotopic (exact) mass is 462 g/mol. The number of nitrogens with zero attached hydrogens (tertiary/aromatic N) is 3. The summed E-state index contributed by atoms with van der Waals surface area (Å²) in [5, 5.41) is 14.4. The van der Waals surface area contributed by atoms with Crippen molar-refractivity contribution in [1.29, 1.82) is 0 Å². The summed E-state index contributed by atoms with van der Waals surface area (Å²) in [6.07, 6.45) is 3.38. The van der Waals surface area contributed by atoms with Crippen molar-refractivity contribution in [2.75, 3.05) is 32.9 Å². The minimum Gasteiger partial charge on any atom is -0.475 e. The van der Waals surface area contributed by atoms with Crippen LogP contribution in [0.1, 0.15) is 42.5 Å². The summed E-state index contributed by atoms with van der Waals surface area (Å²) < 4.78 is 45.1. The van der Waals surface area contributed by atoms with E-state index in [4.69, 9.17) is 19.4 Å². The summed E-state index contributed by atoms with van der Waals surface area (Å²) in [5.74, 6) is -2.79. The minimum absolute atomic E-state index is 0.0329. The zero-order valence-corrected chi connectivity index (χ0v) is 17.9. The third kappa shape index (κ3) is 6.42. The number of hydrogen-bond donors (Lipinski definition) is 2. The van der Waals surface area contributed by atoms with E-state index >= 15 is 0 Å². The summed E-state index contributed by atoms with van der Waals surface area (Å²) in [6.45, 7) is 4.54. The molecule has 0 saturated carbocycles. The fourth-order valence-corrected chi connectivity index (χ4v) is 4.48. The van der Waals surface area contributed by atoms with Gasteiger partial charge in [-0.05, 0) is 32.1 Å². The number of nitrogens with one attached hydrogen (secondary N) is 1. The van der Waals surface area contributed by atoms with E-state index in [2.05, 4.69) is 15.3 Å². The summed E-state index contributed by atoms with van der Waals surface area (Å²) in [4.78, 5) is 23.9. The van der Waals surface area contributed by atoms with Gasteiger partial charge in [-0.25, -0.2) is 4.79 Å². The highest BCUT2D eigenvalue weighted by Gasteiger charge is 2.45. The number of aromatic nitrogens is 2. The van der Waals surface area contributed by atoms with Crippen LogP contribution in [0.3, 0.4) is 0 Å². The maximum atomic E-state index is 12.4. The number of carbonyl (C=O) groups excluding carboxylic acids is 1. The predicted octanol–water partition coefficient (Wildman–Crippen LogP) is 1.59. The summed E-state index contributed by atoms with van der Waals surface area (Å²) >= 11 is 0. The molecule has 2 atom stereocenters. The van der Waals surface area contributed by atoms with Gasteiger partial charge in [0, 0.05) is 58.2 Å². The Kier molecular flexibility index (Phi) is 7.78. The Bertz CT molecular complexity index is 796. The Morgan fingerprint density at radius 2 is 1.94 bits per heavy atom. The van der Waals surface area contributed by atoms with Gasteiger partial charge < -0.3 is 19.9 Å². The Morgan fingerprint density at radius 3 is 2.53 bits per heavy atom. The molecule has 0 bridgehead atoms. The predicted molar refractivity (Wildman–Crippen MR) is 106 cm³/mol. The molecule has 2 N–H and O–H groups in total. The average molecular weight is 462 g/mol. The van der Waals surface area contributed by atoms with Gasteiger partial charge in [-0.3, -0.25) is 14.4 Å². The number of halogens is 3. The molecule has 3 fully saturated rings. The minimum atomic E-state index is -5.08. The topological polar surface area (TPSA) is 106 Å². The lowest BCUT2D eigenvalue weighted by atomic mass is 9.89. The van der Waals surface area contributed by atoms with Gasteiger partial charge in [0.2, 0.25) is 0 Å².